The van der Waals surface area contributed by atoms with Crippen LogP contribution in [0.2, 0.25) is 5.02 Å². The SMILES string of the molecule is CCNC(=O)[C@@H](CC)N(Cc1ccccc1Cl)C(=O)CCCN(C)S(=O)(=O)c1ccccc1. The van der Waals surface area contributed by atoms with Gasteiger partial charge in [0.2, 0.25) is 21.8 Å². The first-order valence-electron chi connectivity index (χ1n) is 11.0. The van der Waals surface area contributed by atoms with Crippen LogP contribution in [0.5, 0.6) is 0 Å². The number of sulfonamides is 1. The van der Waals surface area contributed by atoms with Crippen molar-refractivity contribution in [2.45, 2.75) is 50.6 Å². The quantitative estimate of drug-likeness (QED) is 0.488. The van der Waals surface area contributed by atoms with Gasteiger partial charge >= 0.3 is 0 Å². The number of hydrogen-bond acceptors (Lipinski definition) is 4. The first-order valence-corrected chi connectivity index (χ1v) is 12.9. The number of hydrogen-bond donors (Lipinski definition) is 1. The summed E-state index contributed by atoms with van der Waals surface area (Å²) in [4.78, 5) is 27.6. The lowest BCUT2D eigenvalue weighted by Gasteiger charge is -2.31. The Morgan fingerprint density at radius 3 is 2.27 bits per heavy atom. The van der Waals surface area contributed by atoms with E-state index in [9.17, 15) is 18.0 Å². The topological polar surface area (TPSA) is 86.8 Å². The Kier molecular flexibility index (Phi) is 10.3. The van der Waals surface area contributed by atoms with E-state index in [-0.39, 0.29) is 36.2 Å². The average Bonchev–Trinajstić information content (AvgIpc) is 2.80. The van der Waals surface area contributed by atoms with Crippen LogP contribution in [0, 0.1) is 0 Å². The molecule has 0 bridgehead atoms. The summed E-state index contributed by atoms with van der Waals surface area (Å²) in [6.45, 7) is 4.53. The highest BCUT2D eigenvalue weighted by molar-refractivity contribution is 7.89. The summed E-state index contributed by atoms with van der Waals surface area (Å²) >= 11 is 6.30. The molecule has 0 aliphatic rings. The number of likely N-dealkylation sites (N-methyl/N-ethyl adjacent to an activating group) is 1. The van der Waals surface area contributed by atoms with Crippen LogP contribution in [0.3, 0.4) is 0 Å². The molecule has 0 aliphatic heterocycles. The first kappa shape index (κ1) is 26.8. The van der Waals surface area contributed by atoms with Crippen LogP contribution in [-0.4, -0.2) is 55.6 Å². The molecule has 0 fully saturated rings. The minimum absolute atomic E-state index is 0.106. The monoisotopic (exact) mass is 493 g/mol. The molecule has 2 rings (SSSR count). The summed E-state index contributed by atoms with van der Waals surface area (Å²) in [7, 11) is -2.13. The summed E-state index contributed by atoms with van der Waals surface area (Å²) in [5, 5.41) is 3.31. The first-order chi connectivity index (χ1) is 15.7. The van der Waals surface area contributed by atoms with E-state index in [1.165, 1.54) is 16.3 Å². The molecule has 0 unspecified atom stereocenters. The molecule has 0 aliphatic carbocycles. The molecule has 7 nitrogen and oxygen atoms in total. The van der Waals surface area contributed by atoms with E-state index < -0.39 is 16.1 Å². The molecule has 0 aromatic heterocycles. The second-order valence-corrected chi connectivity index (χ2v) is 10.1. The lowest BCUT2D eigenvalue weighted by atomic mass is 10.1. The number of benzene rings is 2. The standard InChI is InChI=1S/C24H32ClN3O4S/c1-4-22(24(30)26-5-2)28(18-19-12-9-10-15-21(19)25)23(29)16-11-17-27(3)33(31,32)20-13-7-6-8-14-20/h6-10,12-15,22H,4-5,11,16-18H2,1-3H3,(H,26,30)/t22-/m1/s1. The molecule has 180 valence electrons. The highest BCUT2D eigenvalue weighted by atomic mass is 35.5. The summed E-state index contributed by atoms with van der Waals surface area (Å²) in [6, 6.07) is 14.8. The molecular formula is C24H32ClN3O4S. The minimum Gasteiger partial charge on any atom is -0.355 e. The van der Waals surface area contributed by atoms with E-state index in [0.717, 1.165) is 5.56 Å². The van der Waals surface area contributed by atoms with Gasteiger partial charge in [0, 0.05) is 38.1 Å². The van der Waals surface area contributed by atoms with E-state index in [1.54, 1.807) is 36.4 Å². The smallest absolute Gasteiger partial charge is 0.242 e. The minimum atomic E-state index is -3.63. The molecule has 0 heterocycles. The fourth-order valence-electron chi connectivity index (χ4n) is 3.51. The zero-order valence-corrected chi connectivity index (χ0v) is 20.9. The number of nitrogens with one attached hydrogen (secondary N) is 1. The van der Waals surface area contributed by atoms with E-state index >= 15 is 0 Å². The number of rotatable bonds is 12. The predicted octanol–water partition coefficient (Wildman–Crippen LogP) is 3.68. The van der Waals surface area contributed by atoms with Gasteiger partial charge in [-0.05, 0) is 43.5 Å². The molecule has 0 saturated heterocycles. The second-order valence-electron chi connectivity index (χ2n) is 7.67. The van der Waals surface area contributed by atoms with Gasteiger partial charge in [-0.2, -0.15) is 0 Å². The molecule has 2 aromatic carbocycles. The molecular weight excluding hydrogens is 462 g/mol. The van der Waals surface area contributed by atoms with E-state index in [2.05, 4.69) is 5.32 Å². The highest BCUT2D eigenvalue weighted by Crippen LogP contribution is 2.21. The maximum Gasteiger partial charge on any atom is 0.242 e. The zero-order valence-electron chi connectivity index (χ0n) is 19.3. The molecule has 2 amide bonds. The number of nitrogens with zero attached hydrogens (tertiary/aromatic N) is 2. The highest BCUT2D eigenvalue weighted by Gasteiger charge is 2.29. The molecule has 9 heteroatoms. The summed E-state index contributed by atoms with van der Waals surface area (Å²) in [6.07, 6.45) is 0.881. The van der Waals surface area contributed by atoms with Gasteiger partial charge in [-0.15, -0.1) is 0 Å². The molecule has 0 radical (unpaired) electrons. The van der Waals surface area contributed by atoms with Crippen LogP contribution in [0.15, 0.2) is 59.5 Å². The van der Waals surface area contributed by atoms with Crippen molar-refractivity contribution in [2.75, 3.05) is 20.1 Å². The Bertz CT molecular complexity index is 1030. The van der Waals surface area contributed by atoms with Crippen molar-refractivity contribution < 1.29 is 18.0 Å². The number of amides is 2. The third kappa shape index (κ3) is 7.28. The molecule has 1 atom stereocenters. The zero-order chi connectivity index (χ0) is 24.4. The molecule has 2 aromatic rings. The maximum atomic E-state index is 13.2. The fraction of sp³-hybridized carbons (Fsp3) is 0.417. The van der Waals surface area contributed by atoms with Gasteiger partial charge in [0.05, 0.1) is 4.90 Å². The van der Waals surface area contributed by atoms with Crippen molar-refractivity contribution >= 4 is 33.4 Å². The van der Waals surface area contributed by atoms with Gasteiger partial charge in [-0.1, -0.05) is 54.9 Å². The average molecular weight is 494 g/mol. The van der Waals surface area contributed by atoms with Gasteiger partial charge in [-0.3, -0.25) is 9.59 Å². The third-order valence-electron chi connectivity index (χ3n) is 5.35. The predicted molar refractivity (Wildman–Crippen MR) is 130 cm³/mol. The van der Waals surface area contributed by atoms with Crippen LogP contribution in [-0.2, 0) is 26.2 Å². The maximum absolute atomic E-state index is 13.2. The normalized spacial score (nSPS) is 12.4. The Labute approximate surface area is 201 Å². The van der Waals surface area contributed by atoms with Gasteiger partial charge in [0.1, 0.15) is 6.04 Å². The van der Waals surface area contributed by atoms with Crippen molar-refractivity contribution in [3.05, 3.63) is 65.2 Å². The summed E-state index contributed by atoms with van der Waals surface area (Å²) in [5.74, 6) is -0.442. The number of halogens is 1. The van der Waals surface area contributed by atoms with Crippen LogP contribution in [0.1, 0.15) is 38.7 Å². The Balaban J connectivity index is 2.12. The fourth-order valence-corrected chi connectivity index (χ4v) is 4.94. The molecule has 0 spiro atoms. The lowest BCUT2D eigenvalue weighted by Crippen LogP contribution is -2.49. The molecule has 0 saturated carbocycles. The van der Waals surface area contributed by atoms with Crippen molar-refractivity contribution in [1.82, 2.24) is 14.5 Å². The second kappa shape index (κ2) is 12.7. The van der Waals surface area contributed by atoms with Gasteiger partial charge in [0.15, 0.2) is 0 Å². The third-order valence-corrected chi connectivity index (χ3v) is 7.59. The van der Waals surface area contributed by atoms with Gasteiger partial charge in [-0.25, -0.2) is 12.7 Å². The van der Waals surface area contributed by atoms with Crippen molar-refractivity contribution in [1.29, 1.82) is 0 Å². The Morgan fingerprint density at radius 2 is 1.67 bits per heavy atom. The van der Waals surface area contributed by atoms with Gasteiger partial charge in [0.25, 0.3) is 0 Å². The summed E-state index contributed by atoms with van der Waals surface area (Å²) < 4.78 is 26.6. The van der Waals surface area contributed by atoms with Crippen molar-refractivity contribution in [2.24, 2.45) is 0 Å². The molecule has 33 heavy (non-hydrogen) atoms. The lowest BCUT2D eigenvalue weighted by molar-refractivity contribution is -0.141. The van der Waals surface area contributed by atoms with Crippen LogP contribution < -0.4 is 5.32 Å². The number of carbonyl (C=O) groups excluding carboxylic acids is 2. The Hall–Kier alpha value is -2.42. The number of carbonyl (C=O) groups is 2. The largest absolute Gasteiger partial charge is 0.355 e. The van der Waals surface area contributed by atoms with Crippen LogP contribution in [0.25, 0.3) is 0 Å². The van der Waals surface area contributed by atoms with Crippen LogP contribution >= 0.6 is 11.6 Å². The van der Waals surface area contributed by atoms with E-state index in [0.29, 0.717) is 24.4 Å². The van der Waals surface area contributed by atoms with Crippen LogP contribution in [0.4, 0.5) is 0 Å². The Morgan fingerprint density at radius 1 is 1.03 bits per heavy atom. The van der Waals surface area contributed by atoms with E-state index in [1.807, 2.05) is 32.0 Å². The van der Waals surface area contributed by atoms with E-state index in [4.69, 9.17) is 11.6 Å². The van der Waals surface area contributed by atoms with Crippen molar-refractivity contribution in [3.8, 4) is 0 Å². The molecule has 1 N–H and O–H groups in total. The summed E-state index contributed by atoms with van der Waals surface area (Å²) in [5.41, 5.74) is 0.749. The van der Waals surface area contributed by atoms with Gasteiger partial charge < -0.3 is 10.2 Å². The van der Waals surface area contributed by atoms with Crippen molar-refractivity contribution in [3.63, 3.8) is 0 Å².